The number of hydrogen-bond donors (Lipinski definition) is 0. The SMILES string of the molecule is c1ccc2c(-c3ccc(-c4c5ccccc5c(-c5ccc6c(c5)[se]c5cccc(-c7c8ccccc8c(-c8ccc(-c9cccc%10ccccc9%10)cc8)c8ccccc78)c56)c5ccccc45)cc3)cccc2c1. The molecule has 14 aromatic carbocycles. The van der Waals surface area contributed by atoms with Crippen LogP contribution in [-0.2, 0) is 0 Å². The maximum Gasteiger partial charge on any atom is -0.0178 e. The van der Waals surface area contributed by atoms with Gasteiger partial charge in [-0.1, -0.05) is 84.9 Å². The van der Waals surface area contributed by atoms with Crippen molar-refractivity contribution in [3.8, 4) is 66.8 Å². The first-order valence-corrected chi connectivity index (χ1v) is 26.9. The third-order valence-electron chi connectivity index (χ3n) is 15.5. The van der Waals surface area contributed by atoms with Crippen molar-refractivity contribution < 1.29 is 0 Å². The number of benzene rings is 14. The molecule has 0 saturated carbocycles. The fraction of sp³-hybridized carbons (Fsp3) is 0. The largest absolute Gasteiger partial charge is 0.0610 e. The van der Waals surface area contributed by atoms with Crippen molar-refractivity contribution in [1.82, 2.24) is 0 Å². The Hall–Kier alpha value is -8.84. The average molecular weight is 988 g/mol. The van der Waals surface area contributed by atoms with Gasteiger partial charge in [0.2, 0.25) is 0 Å². The molecule has 1 heterocycles. The van der Waals surface area contributed by atoms with Crippen molar-refractivity contribution >= 4 is 98.4 Å². The molecule has 1 heteroatoms. The minimum Gasteiger partial charge on any atom is -0.0610 e. The first-order valence-electron chi connectivity index (χ1n) is 25.2. The molecule has 0 unspecified atom stereocenters. The topological polar surface area (TPSA) is 0 Å². The molecule has 15 rings (SSSR count). The minimum absolute atomic E-state index is 0.130. The van der Waals surface area contributed by atoms with E-state index < -0.39 is 0 Å². The molecule has 0 bridgehead atoms. The van der Waals surface area contributed by atoms with E-state index in [-0.39, 0.29) is 14.5 Å². The van der Waals surface area contributed by atoms with Crippen LogP contribution in [0.5, 0.6) is 0 Å². The molecule has 15 aromatic rings. The zero-order chi connectivity index (χ0) is 48.0. The summed E-state index contributed by atoms with van der Waals surface area (Å²) in [4.78, 5) is 0. The molecule has 0 radical (unpaired) electrons. The molecule has 0 nitrogen and oxygen atoms in total. The molecule has 0 saturated heterocycles. The Labute approximate surface area is 429 Å². The van der Waals surface area contributed by atoms with Crippen LogP contribution in [-0.4, -0.2) is 14.5 Å². The molecule has 1 aromatic heterocycles. The molecular weight excluding hydrogens is 944 g/mol. The average Bonchev–Trinajstić information content (AvgIpc) is 3.84. The molecule has 0 aliphatic rings. The summed E-state index contributed by atoms with van der Waals surface area (Å²) in [6, 6.07) is 99.7. The molecular formula is C72H44Se. The second-order valence-corrected chi connectivity index (χ2v) is 21.7. The maximum atomic E-state index is 2.52. The predicted octanol–water partition coefficient (Wildman–Crippen LogP) is 20.0. The first-order chi connectivity index (χ1) is 36.2. The fourth-order valence-corrected chi connectivity index (χ4v) is 14.7. The fourth-order valence-electron chi connectivity index (χ4n) is 12.3. The Morgan fingerprint density at radius 2 is 0.521 bits per heavy atom. The van der Waals surface area contributed by atoms with Gasteiger partial charge in [0.1, 0.15) is 0 Å². The molecule has 338 valence electrons. The van der Waals surface area contributed by atoms with Crippen molar-refractivity contribution in [2.75, 3.05) is 0 Å². The van der Waals surface area contributed by atoms with Gasteiger partial charge in [-0.15, -0.1) is 0 Å². The van der Waals surface area contributed by atoms with E-state index in [9.17, 15) is 0 Å². The predicted molar refractivity (Wildman–Crippen MR) is 316 cm³/mol. The molecule has 0 aliphatic heterocycles. The van der Waals surface area contributed by atoms with Gasteiger partial charge < -0.3 is 0 Å². The van der Waals surface area contributed by atoms with E-state index in [1.807, 2.05) is 0 Å². The Kier molecular flexibility index (Phi) is 9.70. The third kappa shape index (κ3) is 6.67. The van der Waals surface area contributed by atoms with Crippen LogP contribution in [0.25, 0.3) is 151 Å². The van der Waals surface area contributed by atoms with Crippen LogP contribution in [0.3, 0.4) is 0 Å². The van der Waals surface area contributed by atoms with E-state index in [1.54, 1.807) is 0 Å². The van der Waals surface area contributed by atoms with Crippen LogP contribution in [0.1, 0.15) is 0 Å². The van der Waals surface area contributed by atoms with Gasteiger partial charge in [0.25, 0.3) is 0 Å². The van der Waals surface area contributed by atoms with Gasteiger partial charge in [-0.3, -0.25) is 0 Å². The number of hydrogen-bond acceptors (Lipinski definition) is 0. The molecule has 0 fully saturated rings. The smallest absolute Gasteiger partial charge is 0.0178 e. The normalized spacial score (nSPS) is 11.8. The van der Waals surface area contributed by atoms with Crippen molar-refractivity contribution in [2.45, 2.75) is 0 Å². The van der Waals surface area contributed by atoms with Crippen LogP contribution < -0.4 is 0 Å². The number of fused-ring (bicyclic) bond motifs is 9. The molecule has 0 spiro atoms. The second kappa shape index (κ2) is 16.9. The summed E-state index contributed by atoms with van der Waals surface area (Å²) in [6.07, 6.45) is 0. The Morgan fingerprint density at radius 3 is 0.973 bits per heavy atom. The standard InChI is InChI=1S/C72H44Se/c1-3-20-52-45(16-1)18-13-30-54(52)47-34-38-49(39-35-47)68-56-22-5-7-24-58(56)70(59-25-8-6-23-57(59)68)51-42-43-64-67(44-51)73-66-33-15-32-65(72(64)66)71-62-28-11-9-26-60(62)69(61-27-10-12-29-63(61)71)50-40-36-48(37-41-50)55-31-14-19-46-17-2-4-21-53(46)55/h1-44H. The van der Waals surface area contributed by atoms with E-state index in [0.29, 0.717) is 0 Å². The Balaban J connectivity index is 0.871. The van der Waals surface area contributed by atoms with Crippen LogP contribution >= 0.6 is 0 Å². The van der Waals surface area contributed by atoms with Gasteiger partial charge >= 0.3 is 326 Å². The van der Waals surface area contributed by atoms with Gasteiger partial charge in [-0.25, -0.2) is 0 Å². The number of rotatable bonds is 6. The van der Waals surface area contributed by atoms with Gasteiger partial charge in [0.05, 0.1) is 0 Å². The summed E-state index contributed by atoms with van der Waals surface area (Å²) in [5.74, 6) is 0. The van der Waals surface area contributed by atoms with Gasteiger partial charge in [0.15, 0.2) is 0 Å². The summed E-state index contributed by atoms with van der Waals surface area (Å²) in [7, 11) is 0. The summed E-state index contributed by atoms with van der Waals surface area (Å²) >= 11 is 0.130. The maximum absolute atomic E-state index is 2.52. The Bertz CT molecular complexity index is 4580. The summed E-state index contributed by atoms with van der Waals surface area (Å²) < 4.78 is 2.88. The van der Waals surface area contributed by atoms with E-state index in [2.05, 4.69) is 267 Å². The first kappa shape index (κ1) is 41.9. The summed E-state index contributed by atoms with van der Waals surface area (Å²) in [6.45, 7) is 0. The zero-order valence-corrected chi connectivity index (χ0v) is 41.5. The summed E-state index contributed by atoms with van der Waals surface area (Å²) in [5, 5.41) is 18.0. The van der Waals surface area contributed by atoms with Crippen LogP contribution in [0, 0.1) is 0 Å². The molecule has 0 amide bonds. The van der Waals surface area contributed by atoms with E-state index in [1.165, 1.54) is 151 Å². The van der Waals surface area contributed by atoms with E-state index >= 15 is 0 Å². The van der Waals surface area contributed by atoms with Crippen LogP contribution in [0.4, 0.5) is 0 Å². The quantitative estimate of drug-likeness (QED) is 0.115. The van der Waals surface area contributed by atoms with E-state index in [0.717, 1.165) is 0 Å². The van der Waals surface area contributed by atoms with Crippen molar-refractivity contribution in [3.05, 3.63) is 267 Å². The zero-order valence-electron chi connectivity index (χ0n) is 39.8. The third-order valence-corrected chi connectivity index (χ3v) is 17.8. The van der Waals surface area contributed by atoms with Gasteiger partial charge in [-0.05, 0) is 21.5 Å². The molecule has 0 atom stereocenters. The molecule has 73 heavy (non-hydrogen) atoms. The van der Waals surface area contributed by atoms with Gasteiger partial charge in [0, 0.05) is 0 Å². The van der Waals surface area contributed by atoms with Crippen LogP contribution in [0.2, 0.25) is 0 Å². The van der Waals surface area contributed by atoms with Crippen molar-refractivity contribution in [1.29, 1.82) is 0 Å². The second-order valence-electron chi connectivity index (χ2n) is 19.4. The summed E-state index contributed by atoms with van der Waals surface area (Å²) in [5.41, 5.74) is 15.2. The van der Waals surface area contributed by atoms with Crippen molar-refractivity contribution in [3.63, 3.8) is 0 Å². The molecule has 0 aliphatic carbocycles. The monoisotopic (exact) mass is 988 g/mol. The minimum atomic E-state index is 0.130. The van der Waals surface area contributed by atoms with E-state index in [4.69, 9.17) is 0 Å². The Morgan fingerprint density at radius 1 is 0.192 bits per heavy atom. The molecule has 0 N–H and O–H groups in total. The van der Waals surface area contributed by atoms with Crippen LogP contribution in [0.15, 0.2) is 267 Å². The van der Waals surface area contributed by atoms with Gasteiger partial charge in [-0.2, -0.15) is 0 Å². The van der Waals surface area contributed by atoms with Crippen molar-refractivity contribution in [2.24, 2.45) is 0 Å².